The molecule has 1 aliphatic heterocycles. The largest absolute Gasteiger partial charge is 0.484 e. The third kappa shape index (κ3) is 5.52. The molecule has 2 N–H and O–H groups in total. The molecule has 37 heavy (non-hydrogen) atoms. The number of sulfonamides is 1. The molecule has 196 valence electrons. The molecular weight excluding hydrogens is 523 g/mol. The topological polar surface area (TPSA) is 95.9 Å². The van der Waals surface area contributed by atoms with Gasteiger partial charge in [-0.2, -0.15) is 13.2 Å². The second-order valence-electron chi connectivity index (χ2n) is 8.07. The van der Waals surface area contributed by atoms with E-state index in [9.17, 15) is 35.2 Å². The number of nitrogens with one attached hydrogen (secondary N) is 1. The van der Waals surface area contributed by atoms with Crippen LogP contribution in [0.15, 0.2) is 65.6 Å². The Hall–Kier alpha value is -3.71. The van der Waals surface area contributed by atoms with E-state index in [4.69, 9.17) is 9.84 Å². The fraction of sp³-hybridized carbons (Fsp3) is 0.208. The van der Waals surface area contributed by atoms with Gasteiger partial charge in [0.05, 0.1) is 29.2 Å². The first kappa shape index (κ1) is 26.4. The molecule has 1 atom stereocenters. The first-order chi connectivity index (χ1) is 17.4. The summed E-state index contributed by atoms with van der Waals surface area (Å²) in [5, 5.41) is 11.3. The maximum atomic E-state index is 14.4. The van der Waals surface area contributed by atoms with Gasteiger partial charge in [0.1, 0.15) is 30.1 Å². The number of anilines is 1. The smallest absolute Gasteiger partial charge is 0.416 e. The molecule has 0 saturated heterocycles. The van der Waals surface area contributed by atoms with Gasteiger partial charge >= 0.3 is 6.18 Å². The number of aliphatic hydroxyl groups is 1. The zero-order chi connectivity index (χ0) is 27.0. The zero-order valence-electron chi connectivity index (χ0n) is 18.8. The van der Waals surface area contributed by atoms with E-state index in [1.54, 1.807) is 0 Å². The molecule has 0 bridgehead atoms. The van der Waals surface area contributed by atoms with Gasteiger partial charge in [-0.25, -0.2) is 17.2 Å². The van der Waals surface area contributed by atoms with Crippen LogP contribution < -0.4 is 14.4 Å². The van der Waals surface area contributed by atoms with Crippen molar-refractivity contribution >= 4 is 21.6 Å². The molecule has 1 amide bonds. The van der Waals surface area contributed by atoms with Crippen molar-refractivity contribution in [2.45, 2.75) is 17.2 Å². The standard InChI is InChI=1S/C24H19F5N2O5S/c25-16-5-6-20(26)19(10-16)14-4-7-22-21(8-14)31(12-17(36-22)11-30-23(33)13-32)37(34,35)18-3-1-2-15(9-18)24(27,28)29/h1-10,17,32H,11-13H2,(H,30,33)/t17-/m0/s1. The van der Waals surface area contributed by atoms with Crippen molar-refractivity contribution in [3.05, 3.63) is 77.9 Å². The number of halogens is 5. The zero-order valence-corrected chi connectivity index (χ0v) is 19.6. The van der Waals surface area contributed by atoms with Crippen molar-refractivity contribution in [1.29, 1.82) is 0 Å². The number of hydrogen-bond donors (Lipinski definition) is 2. The number of amides is 1. The summed E-state index contributed by atoms with van der Waals surface area (Å²) in [4.78, 5) is 10.8. The summed E-state index contributed by atoms with van der Waals surface area (Å²) >= 11 is 0. The second kappa shape index (κ2) is 9.98. The van der Waals surface area contributed by atoms with Crippen molar-refractivity contribution in [3.63, 3.8) is 0 Å². The highest BCUT2D eigenvalue weighted by molar-refractivity contribution is 7.92. The van der Waals surface area contributed by atoms with Crippen LogP contribution in [0.1, 0.15) is 5.56 Å². The maximum Gasteiger partial charge on any atom is 0.416 e. The number of fused-ring (bicyclic) bond motifs is 1. The number of aliphatic hydroxyl groups excluding tert-OH is 1. The lowest BCUT2D eigenvalue weighted by molar-refractivity contribution is -0.137. The summed E-state index contributed by atoms with van der Waals surface area (Å²) in [6.07, 6.45) is -5.78. The first-order valence-electron chi connectivity index (χ1n) is 10.7. The van der Waals surface area contributed by atoms with Crippen molar-refractivity contribution in [2.24, 2.45) is 0 Å². The highest BCUT2D eigenvalue weighted by Gasteiger charge is 2.37. The lowest BCUT2D eigenvalue weighted by atomic mass is 10.0. The predicted octanol–water partition coefficient (Wildman–Crippen LogP) is 3.72. The first-order valence-corrected chi connectivity index (χ1v) is 12.2. The molecule has 3 aromatic carbocycles. The lowest BCUT2D eigenvalue weighted by Crippen LogP contribution is -2.48. The van der Waals surface area contributed by atoms with Crippen molar-refractivity contribution in [2.75, 3.05) is 24.0 Å². The van der Waals surface area contributed by atoms with Crippen LogP contribution in [0.5, 0.6) is 5.75 Å². The quantitative estimate of drug-likeness (QED) is 0.463. The van der Waals surface area contributed by atoms with Gasteiger partial charge in [-0.15, -0.1) is 0 Å². The van der Waals surface area contributed by atoms with Gasteiger partial charge in [0.25, 0.3) is 10.0 Å². The van der Waals surface area contributed by atoms with Crippen LogP contribution in [0.3, 0.4) is 0 Å². The van der Waals surface area contributed by atoms with E-state index in [2.05, 4.69) is 5.32 Å². The minimum atomic E-state index is -4.80. The van der Waals surface area contributed by atoms with Crippen LogP contribution in [0.2, 0.25) is 0 Å². The molecule has 0 radical (unpaired) electrons. The van der Waals surface area contributed by atoms with Crippen molar-refractivity contribution < 1.29 is 45.0 Å². The van der Waals surface area contributed by atoms with E-state index in [-0.39, 0.29) is 29.1 Å². The van der Waals surface area contributed by atoms with Gasteiger partial charge in [-0.05, 0) is 54.1 Å². The molecule has 4 rings (SSSR count). The average Bonchev–Trinajstić information content (AvgIpc) is 2.87. The Kier molecular flexibility index (Phi) is 7.11. The van der Waals surface area contributed by atoms with Crippen LogP contribution >= 0.6 is 0 Å². The number of benzene rings is 3. The van der Waals surface area contributed by atoms with Gasteiger partial charge in [0.2, 0.25) is 5.91 Å². The summed E-state index contributed by atoms with van der Waals surface area (Å²) in [6, 6.07) is 9.79. The van der Waals surface area contributed by atoms with Crippen molar-refractivity contribution in [1.82, 2.24) is 5.32 Å². The third-order valence-corrected chi connectivity index (χ3v) is 7.33. The van der Waals surface area contributed by atoms with Crippen LogP contribution in [0.25, 0.3) is 11.1 Å². The number of nitrogens with zero attached hydrogens (tertiary/aromatic N) is 1. The van der Waals surface area contributed by atoms with E-state index in [1.807, 2.05) is 0 Å². The minimum absolute atomic E-state index is 0.0226. The van der Waals surface area contributed by atoms with E-state index in [1.165, 1.54) is 18.2 Å². The molecular formula is C24H19F5N2O5S. The summed E-state index contributed by atoms with van der Waals surface area (Å²) in [7, 11) is -4.63. The number of hydrogen-bond acceptors (Lipinski definition) is 5. The molecule has 0 fully saturated rings. The predicted molar refractivity (Wildman–Crippen MR) is 122 cm³/mol. The Bertz CT molecular complexity index is 1450. The van der Waals surface area contributed by atoms with Gasteiger partial charge in [-0.1, -0.05) is 12.1 Å². The molecule has 0 unspecified atom stereocenters. The number of carbonyl (C=O) groups is 1. The summed E-state index contributed by atoms with van der Waals surface area (Å²) in [5.41, 5.74) is -1.38. The van der Waals surface area contributed by atoms with E-state index in [0.29, 0.717) is 6.07 Å². The van der Waals surface area contributed by atoms with Gasteiger partial charge < -0.3 is 15.2 Å². The molecule has 1 heterocycles. The number of ether oxygens (including phenoxy) is 1. The Balaban J connectivity index is 1.82. The van der Waals surface area contributed by atoms with Crippen molar-refractivity contribution in [3.8, 4) is 16.9 Å². The molecule has 0 spiro atoms. The van der Waals surface area contributed by atoms with Gasteiger partial charge in [0.15, 0.2) is 0 Å². The Morgan fingerprint density at radius 2 is 1.84 bits per heavy atom. The number of rotatable bonds is 6. The summed E-state index contributed by atoms with van der Waals surface area (Å²) in [5.74, 6) is -2.29. The van der Waals surface area contributed by atoms with E-state index < -0.39 is 63.5 Å². The average molecular weight is 542 g/mol. The molecule has 7 nitrogen and oxygen atoms in total. The Labute approximate surface area is 208 Å². The highest BCUT2D eigenvalue weighted by Crippen LogP contribution is 2.41. The molecule has 1 aliphatic rings. The fourth-order valence-electron chi connectivity index (χ4n) is 3.78. The van der Waals surface area contributed by atoms with Gasteiger partial charge in [-0.3, -0.25) is 9.10 Å². The molecule has 0 aromatic heterocycles. The summed E-state index contributed by atoms with van der Waals surface area (Å²) in [6.45, 7) is -1.49. The Morgan fingerprint density at radius 1 is 1.08 bits per heavy atom. The number of carbonyl (C=O) groups excluding carboxylic acids is 1. The maximum absolute atomic E-state index is 14.4. The van der Waals surface area contributed by atoms with Crippen LogP contribution in [0, 0.1) is 11.6 Å². The van der Waals surface area contributed by atoms with Crippen LogP contribution in [0.4, 0.5) is 27.6 Å². The molecule has 0 saturated carbocycles. The second-order valence-corrected chi connectivity index (χ2v) is 9.93. The lowest BCUT2D eigenvalue weighted by Gasteiger charge is -2.36. The van der Waals surface area contributed by atoms with E-state index in [0.717, 1.165) is 40.7 Å². The van der Waals surface area contributed by atoms with E-state index >= 15 is 0 Å². The van der Waals surface area contributed by atoms with Crippen LogP contribution in [-0.2, 0) is 21.0 Å². The fourth-order valence-corrected chi connectivity index (χ4v) is 5.32. The third-order valence-electron chi connectivity index (χ3n) is 5.55. The molecule has 0 aliphatic carbocycles. The summed E-state index contributed by atoms with van der Waals surface area (Å²) < 4.78 is 102. The minimum Gasteiger partial charge on any atom is -0.484 e. The Morgan fingerprint density at radius 3 is 2.54 bits per heavy atom. The molecule has 13 heteroatoms. The monoisotopic (exact) mass is 542 g/mol. The normalized spacial score (nSPS) is 15.6. The van der Waals surface area contributed by atoms with Crippen LogP contribution in [-0.4, -0.2) is 45.2 Å². The SMILES string of the molecule is O=C(CO)NC[C@H]1CN(S(=O)(=O)c2cccc(C(F)(F)F)c2)c2cc(-c3cc(F)ccc3F)ccc2O1. The highest BCUT2D eigenvalue weighted by atomic mass is 32.2. The number of alkyl halides is 3. The molecule has 3 aromatic rings. The van der Waals surface area contributed by atoms with Gasteiger partial charge in [0, 0.05) is 5.56 Å².